The molecule has 0 aliphatic carbocycles. The number of fused-ring (bicyclic) bond motifs is 3. The minimum absolute atomic E-state index is 0.118. The Morgan fingerprint density at radius 3 is 1.74 bits per heavy atom. The summed E-state index contributed by atoms with van der Waals surface area (Å²) in [6.07, 6.45) is 1.91. The Kier molecular flexibility index (Phi) is 9.09. The van der Waals surface area contributed by atoms with E-state index in [1.54, 1.807) is 0 Å². The molecule has 0 saturated heterocycles. The van der Waals surface area contributed by atoms with Crippen molar-refractivity contribution in [1.82, 2.24) is 14.5 Å². The number of hydrogen-bond donors (Lipinski definition) is 1. The number of benzene rings is 6. The van der Waals surface area contributed by atoms with E-state index in [0.29, 0.717) is 0 Å². The smallest absolute Gasteiger partial charge is 0.146 e. The molecular weight excluding hydrogens is 707 g/mol. The second-order valence-corrected chi connectivity index (χ2v) is 17.3. The van der Waals surface area contributed by atoms with Crippen molar-refractivity contribution in [1.29, 1.82) is 0 Å². The molecule has 0 aliphatic heterocycles. The Morgan fingerprint density at radius 2 is 1.07 bits per heavy atom. The molecule has 0 radical (unpaired) electrons. The van der Waals surface area contributed by atoms with E-state index in [0.717, 1.165) is 83.5 Å². The van der Waals surface area contributed by atoms with Gasteiger partial charge in [-0.15, -0.1) is 0 Å². The molecule has 3 heterocycles. The number of aromatic nitrogens is 3. The summed E-state index contributed by atoms with van der Waals surface area (Å²) < 4.78 is 2.27. The van der Waals surface area contributed by atoms with Gasteiger partial charge in [-0.1, -0.05) is 151 Å². The number of rotatable bonds is 6. The number of pyridine rings is 2. The summed E-state index contributed by atoms with van der Waals surface area (Å²) in [4.78, 5) is 10.4. The summed E-state index contributed by atoms with van der Waals surface area (Å²) in [6, 6.07) is 57.7. The normalized spacial score (nSPS) is 12.0. The van der Waals surface area contributed by atoms with Gasteiger partial charge in [0.05, 0.1) is 16.9 Å². The van der Waals surface area contributed by atoms with E-state index >= 15 is 0 Å². The van der Waals surface area contributed by atoms with Crippen LogP contribution in [-0.2, 0) is 10.8 Å². The fraction of sp³-hybridized carbons (Fsp3) is 0.148. The summed E-state index contributed by atoms with van der Waals surface area (Å²) >= 11 is 0. The lowest BCUT2D eigenvalue weighted by molar-refractivity contribution is 0.446. The summed E-state index contributed by atoms with van der Waals surface area (Å²) in [6.45, 7) is 13.1. The predicted molar refractivity (Wildman–Crippen MR) is 243 cm³/mol. The number of para-hydroxylation sites is 1. The van der Waals surface area contributed by atoms with Crippen molar-refractivity contribution in [2.24, 2.45) is 0 Å². The Labute approximate surface area is 341 Å². The van der Waals surface area contributed by atoms with Crippen LogP contribution in [0.4, 0.5) is 0 Å². The standard InChI is InChI=1S/C54H47N3O/c1-53(2,3)42-33-46(51(58)47(34-42)54(4,5)6)48-26-25-45-44-19-13-14-20-50(44)57(52(45)56-48)43-30-40(36-17-11-8-12-18-36)29-41(31-43)49-32-39(27-28-55-49)38-23-21-37(22-24-38)35-15-9-7-10-16-35/h7-34,58H,1-6H3. The Bertz CT molecular complexity index is 2950. The number of phenolic OH excluding ortho intramolecular Hbond substituents is 1. The van der Waals surface area contributed by atoms with Crippen LogP contribution in [-0.4, -0.2) is 19.6 Å². The quantitative estimate of drug-likeness (QED) is 0.184. The summed E-state index contributed by atoms with van der Waals surface area (Å²) in [5.41, 5.74) is 14.8. The van der Waals surface area contributed by atoms with Gasteiger partial charge < -0.3 is 5.11 Å². The average molecular weight is 754 g/mol. The van der Waals surface area contributed by atoms with E-state index in [1.165, 1.54) is 11.1 Å². The van der Waals surface area contributed by atoms with Gasteiger partial charge in [0.1, 0.15) is 11.4 Å². The molecule has 0 unspecified atom stereocenters. The zero-order valence-electron chi connectivity index (χ0n) is 34.0. The Morgan fingerprint density at radius 1 is 0.466 bits per heavy atom. The first kappa shape index (κ1) is 36.8. The molecule has 58 heavy (non-hydrogen) atoms. The summed E-state index contributed by atoms with van der Waals surface area (Å²) in [5.74, 6) is 0.282. The summed E-state index contributed by atoms with van der Waals surface area (Å²) in [7, 11) is 0. The van der Waals surface area contributed by atoms with Crippen molar-refractivity contribution in [2.75, 3.05) is 0 Å². The third kappa shape index (κ3) is 6.85. The largest absolute Gasteiger partial charge is 0.507 e. The monoisotopic (exact) mass is 753 g/mol. The van der Waals surface area contributed by atoms with Gasteiger partial charge in [0, 0.05) is 39.3 Å². The van der Waals surface area contributed by atoms with Crippen LogP contribution >= 0.6 is 0 Å². The number of aromatic hydroxyl groups is 1. The van der Waals surface area contributed by atoms with Gasteiger partial charge in [-0.3, -0.25) is 9.55 Å². The van der Waals surface area contributed by atoms with E-state index in [-0.39, 0.29) is 16.6 Å². The molecular formula is C54H47N3O. The van der Waals surface area contributed by atoms with Gasteiger partial charge in [-0.2, -0.15) is 0 Å². The molecule has 0 fully saturated rings. The average Bonchev–Trinajstić information content (AvgIpc) is 3.57. The molecule has 0 spiro atoms. The van der Waals surface area contributed by atoms with Crippen molar-refractivity contribution < 1.29 is 5.11 Å². The summed E-state index contributed by atoms with van der Waals surface area (Å²) in [5, 5.41) is 14.1. The van der Waals surface area contributed by atoms with Crippen LogP contribution in [0.1, 0.15) is 52.7 Å². The van der Waals surface area contributed by atoms with Crippen molar-refractivity contribution >= 4 is 21.9 Å². The van der Waals surface area contributed by atoms with Crippen LogP contribution in [0.15, 0.2) is 170 Å². The highest BCUT2D eigenvalue weighted by Gasteiger charge is 2.27. The number of hydrogen-bond acceptors (Lipinski definition) is 3. The van der Waals surface area contributed by atoms with Crippen LogP contribution < -0.4 is 0 Å². The first-order chi connectivity index (χ1) is 27.9. The van der Waals surface area contributed by atoms with Crippen molar-refractivity contribution in [3.05, 3.63) is 181 Å². The van der Waals surface area contributed by atoms with Gasteiger partial charge in [0.25, 0.3) is 0 Å². The second-order valence-electron chi connectivity index (χ2n) is 17.3. The maximum atomic E-state index is 11.9. The molecule has 6 aromatic carbocycles. The minimum Gasteiger partial charge on any atom is -0.507 e. The van der Waals surface area contributed by atoms with E-state index in [2.05, 4.69) is 204 Å². The SMILES string of the molecule is CC(C)(C)c1cc(-c2ccc3c4ccccc4n(-c4cc(-c5ccccc5)cc(-c5cc(-c6ccc(-c7ccccc7)cc6)ccn5)c4)c3n2)c(O)c(C(C)(C)C)c1. The molecule has 4 nitrogen and oxygen atoms in total. The number of nitrogens with zero attached hydrogens (tertiary/aromatic N) is 3. The van der Waals surface area contributed by atoms with Crippen LogP contribution in [0.5, 0.6) is 5.75 Å². The highest BCUT2D eigenvalue weighted by Crippen LogP contribution is 2.43. The van der Waals surface area contributed by atoms with E-state index < -0.39 is 0 Å². The molecule has 0 amide bonds. The van der Waals surface area contributed by atoms with Crippen molar-refractivity contribution in [3.8, 4) is 67.3 Å². The lowest BCUT2D eigenvalue weighted by Gasteiger charge is -2.27. The maximum Gasteiger partial charge on any atom is 0.146 e. The lowest BCUT2D eigenvalue weighted by atomic mass is 9.78. The Balaban J connectivity index is 1.23. The highest BCUT2D eigenvalue weighted by atomic mass is 16.3. The second kappa shape index (κ2) is 14.3. The minimum atomic E-state index is -0.260. The highest BCUT2D eigenvalue weighted by molar-refractivity contribution is 6.08. The molecule has 284 valence electrons. The third-order valence-corrected chi connectivity index (χ3v) is 11.2. The molecule has 0 aliphatic rings. The fourth-order valence-corrected chi connectivity index (χ4v) is 8.02. The topological polar surface area (TPSA) is 50.9 Å². The molecule has 0 atom stereocenters. The van der Waals surface area contributed by atoms with Crippen molar-refractivity contribution in [3.63, 3.8) is 0 Å². The van der Waals surface area contributed by atoms with Crippen LogP contribution in [0.2, 0.25) is 0 Å². The van der Waals surface area contributed by atoms with E-state index in [1.807, 2.05) is 12.3 Å². The van der Waals surface area contributed by atoms with Crippen LogP contribution in [0, 0.1) is 0 Å². The van der Waals surface area contributed by atoms with Gasteiger partial charge in [0.15, 0.2) is 0 Å². The first-order valence-corrected chi connectivity index (χ1v) is 20.0. The molecule has 1 N–H and O–H groups in total. The van der Waals surface area contributed by atoms with Gasteiger partial charge in [-0.25, -0.2) is 4.98 Å². The van der Waals surface area contributed by atoms with E-state index in [9.17, 15) is 5.11 Å². The van der Waals surface area contributed by atoms with Gasteiger partial charge in [0.2, 0.25) is 0 Å². The third-order valence-electron chi connectivity index (χ3n) is 11.2. The van der Waals surface area contributed by atoms with Crippen LogP contribution in [0.3, 0.4) is 0 Å². The van der Waals surface area contributed by atoms with Gasteiger partial charge >= 0.3 is 0 Å². The maximum absolute atomic E-state index is 11.9. The predicted octanol–water partition coefficient (Wildman–Crippen LogP) is 14.2. The molecule has 0 bridgehead atoms. The zero-order valence-corrected chi connectivity index (χ0v) is 34.0. The van der Waals surface area contributed by atoms with Crippen molar-refractivity contribution in [2.45, 2.75) is 52.4 Å². The molecule has 0 saturated carbocycles. The Hall–Kier alpha value is -6.78. The van der Waals surface area contributed by atoms with Gasteiger partial charge in [-0.05, 0) is 104 Å². The first-order valence-electron chi connectivity index (χ1n) is 20.0. The van der Waals surface area contributed by atoms with E-state index in [4.69, 9.17) is 9.97 Å². The molecule has 9 aromatic rings. The zero-order chi connectivity index (χ0) is 40.2. The number of phenols is 1. The molecule has 3 aromatic heterocycles. The van der Waals surface area contributed by atoms with Crippen LogP contribution in [0.25, 0.3) is 83.5 Å². The molecule has 9 rings (SSSR count). The lowest BCUT2D eigenvalue weighted by Crippen LogP contribution is -2.17. The molecule has 4 heteroatoms. The fourth-order valence-electron chi connectivity index (χ4n) is 8.02.